The lowest BCUT2D eigenvalue weighted by Crippen LogP contribution is -2.51. The highest BCUT2D eigenvalue weighted by Gasteiger charge is 2.49. The molecule has 1 aliphatic heterocycles. The van der Waals surface area contributed by atoms with Crippen LogP contribution in [-0.4, -0.2) is 70.0 Å². The number of aliphatic hydroxyl groups excluding tert-OH is 2. The normalized spacial score (nSPS) is 39.3. The number of anilines is 1. The first-order chi connectivity index (χ1) is 16.2. The second-order valence-corrected chi connectivity index (χ2v) is 12.6. The van der Waals surface area contributed by atoms with Crippen molar-refractivity contribution < 1.29 is 29.3 Å². The number of nitrogens with zero attached hydrogens (tertiary/aromatic N) is 4. The van der Waals surface area contributed by atoms with Crippen LogP contribution in [0.1, 0.15) is 44.8 Å². The molecule has 2 aromatic heterocycles. The summed E-state index contributed by atoms with van der Waals surface area (Å²) in [7, 11) is -4.26. The molecule has 5 N–H and O–H groups in total. The highest BCUT2D eigenvalue weighted by atomic mass is 35.5. The first kappa shape index (κ1) is 23.1. The summed E-state index contributed by atoms with van der Waals surface area (Å²) in [6.07, 6.45) is 2.68. The van der Waals surface area contributed by atoms with Gasteiger partial charge in [-0.2, -0.15) is 9.97 Å². The molecule has 0 radical (unpaired) electrons. The zero-order valence-electron chi connectivity index (χ0n) is 18.4. The van der Waals surface area contributed by atoms with E-state index in [2.05, 4.69) is 20.3 Å². The van der Waals surface area contributed by atoms with Crippen molar-refractivity contribution in [3.05, 3.63) is 11.6 Å². The molecule has 7 rings (SSSR count). The van der Waals surface area contributed by atoms with Crippen molar-refractivity contribution in [2.75, 3.05) is 11.5 Å². The topological polar surface area (TPSA) is 163 Å². The fraction of sp³-hybridized carbons (Fsp3) is 0.762. The summed E-state index contributed by atoms with van der Waals surface area (Å²) in [6, 6.07) is 0.319. The SMILES string of the molecule is O=P(O)(O)CC[C@H]1O[C@@H](n2cnc3c(NC4C5CC6CC(C5)CC4C6)nc(Cl)nc32)[C@@H](O)C1O. The van der Waals surface area contributed by atoms with Gasteiger partial charge in [0.25, 0.3) is 0 Å². The maximum atomic E-state index is 11.2. The Kier molecular flexibility index (Phi) is 5.68. The summed E-state index contributed by atoms with van der Waals surface area (Å²) in [6.45, 7) is 0. The molecule has 1 saturated heterocycles. The fourth-order valence-corrected chi connectivity index (χ4v) is 7.74. The van der Waals surface area contributed by atoms with Crippen LogP contribution >= 0.6 is 19.2 Å². The lowest BCUT2D eigenvalue weighted by Gasteiger charge is -2.54. The molecule has 4 bridgehead atoms. The molecule has 34 heavy (non-hydrogen) atoms. The predicted octanol–water partition coefficient (Wildman–Crippen LogP) is 1.90. The molecule has 5 aliphatic rings. The smallest absolute Gasteiger partial charge is 0.325 e. The zero-order chi connectivity index (χ0) is 23.8. The van der Waals surface area contributed by atoms with Crippen LogP contribution in [-0.2, 0) is 9.30 Å². The van der Waals surface area contributed by atoms with Crippen molar-refractivity contribution in [1.29, 1.82) is 0 Å². The molecule has 4 aliphatic carbocycles. The van der Waals surface area contributed by atoms with Gasteiger partial charge < -0.3 is 30.1 Å². The molecule has 1 unspecified atom stereocenters. The number of nitrogens with one attached hydrogen (secondary N) is 1. The van der Waals surface area contributed by atoms with Crippen LogP contribution in [0.5, 0.6) is 0 Å². The summed E-state index contributed by atoms with van der Waals surface area (Å²) in [4.78, 5) is 31.5. The number of fused-ring (bicyclic) bond motifs is 1. The van der Waals surface area contributed by atoms with Gasteiger partial charge in [-0.15, -0.1) is 0 Å². The molecule has 0 spiro atoms. The third-order valence-electron chi connectivity index (χ3n) is 8.24. The van der Waals surface area contributed by atoms with Crippen molar-refractivity contribution >= 4 is 36.2 Å². The highest BCUT2D eigenvalue weighted by Crippen LogP contribution is 2.54. The van der Waals surface area contributed by atoms with Crippen LogP contribution in [0.25, 0.3) is 11.2 Å². The Morgan fingerprint density at radius 3 is 2.41 bits per heavy atom. The van der Waals surface area contributed by atoms with E-state index in [1.807, 2.05) is 0 Å². The van der Waals surface area contributed by atoms with E-state index in [9.17, 15) is 14.8 Å². The predicted molar refractivity (Wildman–Crippen MR) is 122 cm³/mol. The lowest BCUT2D eigenvalue weighted by molar-refractivity contribution is -0.0355. The monoisotopic (exact) mass is 513 g/mol. The maximum absolute atomic E-state index is 11.2. The Bertz CT molecular complexity index is 1110. The molecule has 2 aromatic rings. The Morgan fingerprint density at radius 2 is 1.76 bits per heavy atom. The molecule has 186 valence electrons. The highest BCUT2D eigenvalue weighted by molar-refractivity contribution is 7.51. The van der Waals surface area contributed by atoms with Crippen LogP contribution in [0.4, 0.5) is 5.82 Å². The first-order valence-electron chi connectivity index (χ1n) is 11.9. The summed E-state index contributed by atoms with van der Waals surface area (Å²) in [5.41, 5.74) is 0.861. The van der Waals surface area contributed by atoms with Crippen LogP contribution in [0.2, 0.25) is 5.28 Å². The van der Waals surface area contributed by atoms with Gasteiger partial charge >= 0.3 is 7.60 Å². The molecule has 5 fully saturated rings. The van der Waals surface area contributed by atoms with Gasteiger partial charge in [0.1, 0.15) is 12.2 Å². The summed E-state index contributed by atoms with van der Waals surface area (Å²) in [5.74, 6) is 3.48. The van der Waals surface area contributed by atoms with Gasteiger partial charge in [0.05, 0.1) is 18.6 Å². The summed E-state index contributed by atoms with van der Waals surface area (Å²) < 4.78 is 18.5. The third-order valence-corrected chi connectivity index (χ3v) is 9.25. The molecule has 0 amide bonds. The van der Waals surface area contributed by atoms with Crippen molar-refractivity contribution in [3.8, 4) is 0 Å². The van der Waals surface area contributed by atoms with Crippen LogP contribution < -0.4 is 5.32 Å². The van der Waals surface area contributed by atoms with Crippen molar-refractivity contribution in [1.82, 2.24) is 19.5 Å². The molecule has 0 aromatic carbocycles. The average Bonchev–Trinajstić information content (AvgIpc) is 3.29. The maximum Gasteiger partial charge on any atom is 0.325 e. The first-order valence-corrected chi connectivity index (χ1v) is 14.1. The number of hydrogen-bond acceptors (Lipinski definition) is 8. The Hall–Kier alpha value is -1.33. The second-order valence-electron chi connectivity index (χ2n) is 10.5. The summed E-state index contributed by atoms with van der Waals surface area (Å²) in [5, 5.41) is 24.7. The zero-order valence-corrected chi connectivity index (χ0v) is 20.1. The van der Waals surface area contributed by atoms with Crippen molar-refractivity contribution in [3.63, 3.8) is 0 Å². The van der Waals surface area contributed by atoms with E-state index >= 15 is 0 Å². The number of aliphatic hydroxyl groups is 2. The van der Waals surface area contributed by atoms with E-state index in [-0.39, 0.29) is 11.7 Å². The van der Waals surface area contributed by atoms with Gasteiger partial charge in [0.15, 0.2) is 23.2 Å². The number of ether oxygens (including phenoxy) is 1. The lowest BCUT2D eigenvalue weighted by atomic mass is 9.54. The molecular formula is C21H29ClN5O6P. The van der Waals surface area contributed by atoms with E-state index in [1.165, 1.54) is 43.0 Å². The van der Waals surface area contributed by atoms with Crippen molar-refractivity contribution in [2.24, 2.45) is 23.7 Å². The van der Waals surface area contributed by atoms with Gasteiger partial charge in [-0.25, -0.2) is 4.98 Å². The fourth-order valence-electron chi connectivity index (χ4n) is 6.99. The van der Waals surface area contributed by atoms with Crippen LogP contribution in [0.15, 0.2) is 6.33 Å². The quantitative estimate of drug-likeness (QED) is 0.285. The van der Waals surface area contributed by atoms with Crippen LogP contribution in [0, 0.1) is 23.7 Å². The van der Waals surface area contributed by atoms with E-state index < -0.39 is 38.3 Å². The largest absolute Gasteiger partial charge is 0.388 e. The molecule has 11 nitrogen and oxygen atoms in total. The van der Waals surface area contributed by atoms with E-state index in [4.69, 9.17) is 26.1 Å². The number of aromatic nitrogens is 4. The third kappa shape index (κ3) is 4.05. The Labute approximate surface area is 201 Å². The van der Waals surface area contributed by atoms with Gasteiger partial charge in [-0.1, -0.05) is 0 Å². The Morgan fingerprint density at radius 1 is 1.09 bits per heavy atom. The molecule has 4 saturated carbocycles. The van der Waals surface area contributed by atoms with E-state index in [1.54, 1.807) is 0 Å². The standard InChI is InChI=1S/C21H29ClN5O6P/c22-21-25-18(24-14-11-4-9-3-10(6-11)7-12(14)5-9)15-19(26-21)27(8-23-15)20-17(29)16(28)13(33-20)1-2-34(30,31)32/h8-14,16-17,20,28-29H,1-7H2,(H,24,25,26)(H2,30,31,32)/t9?,10?,11?,12?,13-,14?,16?,17+,20-/m1/s1. The van der Waals surface area contributed by atoms with Gasteiger partial charge in [-0.3, -0.25) is 9.13 Å². The minimum absolute atomic E-state index is 0.0339. The van der Waals surface area contributed by atoms with Crippen LogP contribution in [0.3, 0.4) is 0 Å². The number of imidazole rings is 1. The second kappa shape index (κ2) is 8.37. The van der Waals surface area contributed by atoms with E-state index in [0.717, 1.165) is 11.8 Å². The Balaban J connectivity index is 1.27. The molecule has 3 heterocycles. The minimum atomic E-state index is -4.26. The van der Waals surface area contributed by atoms with E-state index in [0.29, 0.717) is 34.9 Å². The molecule has 4 atom stereocenters. The minimum Gasteiger partial charge on any atom is -0.388 e. The van der Waals surface area contributed by atoms with Gasteiger partial charge in [-0.05, 0) is 73.8 Å². The van der Waals surface area contributed by atoms with Gasteiger partial charge in [0, 0.05) is 6.04 Å². The average molecular weight is 514 g/mol. The van der Waals surface area contributed by atoms with Crippen molar-refractivity contribution in [2.45, 2.75) is 69.1 Å². The van der Waals surface area contributed by atoms with Gasteiger partial charge in [0.2, 0.25) is 5.28 Å². The molecular weight excluding hydrogens is 485 g/mol. The number of rotatable bonds is 6. The summed E-state index contributed by atoms with van der Waals surface area (Å²) >= 11 is 6.28. The number of hydrogen-bond donors (Lipinski definition) is 5. The number of halogens is 1. The molecule has 13 heteroatoms.